The molecule has 0 unspecified atom stereocenters. The number of carbonyl (C=O) groups excluding carboxylic acids is 1. The molecule has 212 valence electrons. The molecule has 1 fully saturated rings. The average Bonchev–Trinajstić information content (AvgIpc) is 2.94. The molecule has 13 heteroatoms. The summed E-state index contributed by atoms with van der Waals surface area (Å²) in [6.07, 6.45) is 2.89. The highest BCUT2D eigenvalue weighted by molar-refractivity contribution is 9.10. The molecule has 2 N–H and O–H groups in total. The maximum atomic E-state index is 13.0. The van der Waals surface area contributed by atoms with E-state index in [1.807, 2.05) is 0 Å². The number of rotatable bonds is 10. The Balaban J connectivity index is 1.36. The number of nitrogens with zero attached hydrogens (tertiary/aromatic N) is 1. The van der Waals surface area contributed by atoms with Crippen molar-refractivity contribution in [2.45, 2.75) is 16.7 Å². The lowest BCUT2D eigenvalue weighted by atomic mass is 10.2. The smallest absolute Gasteiger partial charge is 0.265 e. The van der Waals surface area contributed by atoms with Gasteiger partial charge in [0.1, 0.15) is 10.6 Å². The Bertz CT molecular complexity index is 1590. The number of hydrogen-bond donors (Lipinski definition) is 2. The number of anilines is 2. The average molecular weight is 651 g/mol. The number of nitrogens with one attached hydrogen (secondary N) is 2. The van der Waals surface area contributed by atoms with E-state index in [1.165, 1.54) is 40.7 Å². The zero-order valence-electron chi connectivity index (χ0n) is 21.5. The highest BCUT2D eigenvalue weighted by atomic mass is 79.9. The second-order valence-corrected chi connectivity index (χ2v) is 13.1. The molecule has 3 aromatic carbocycles. The maximum absolute atomic E-state index is 13.0. The van der Waals surface area contributed by atoms with Crippen LogP contribution in [0.1, 0.15) is 12.5 Å². The third kappa shape index (κ3) is 7.49. The monoisotopic (exact) mass is 649 g/mol. The summed E-state index contributed by atoms with van der Waals surface area (Å²) in [4.78, 5) is 12.6. The zero-order valence-corrected chi connectivity index (χ0v) is 24.8. The van der Waals surface area contributed by atoms with Gasteiger partial charge in [-0.25, -0.2) is 16.8 Å². The van der Waals surface area contributed by atoms with E-state index < -0.39 is 26.0 Å². The fourth-order valence-corrected chi connectivity index (χ4v) is 6.99. The van der Waals surface area contributed by atoms with E-state index in [9.17, 15) is 21.6 Å². The van der Waals surface area contributed by atoms with E-state index in [-0.39, 0.29) is 15.5 Å². The van der Waals surface area contributed by atoms with Crippen LogP contribution < -0.4 is 14.8 Å². The first kappa shape index (κ1) is 29.7. The Hall–Kier alpha value is -3.23. The van der Waals surface area contributed by atoms with E-state index in [0.29, 0.717) is 54.3 Å². The van der Waals surface area contributed by atoms with Crippen molar-refractivity contribution in [2.24, 2.45) is 0 Å². The van der Waals surface area contributed by atoms with Gasteiger partial charge in [0.15, 0.2) is 0 Å². The Labute approximate surface area is 242 Å². The summed E-state index contributed by atoms with van der Waals surface area (Å²) in [5.74, 6) is -0.170. The number of benzene rings is 3. The summed E-state index contributed by atoms with van der Waals surface area (Å²) in [6, 6.07) is 17.2. The largest absolute Gasteiger partial charge is 0.492 e. The Morgan fingerprint density at radius 2 is 1.62 bits per heavy atom. The van der Waals surface area contributed by atoms with Crippen LogP contribution in [0.4, 0.5) is 11.4 Å². The number of morpholine rings is 1. The van der Waals surface area contributed by atoms with E-state index in [1.54, 1.807) is 49.4 Å². The molecular formula is C27H28BrN3O7S2. The van der Waals surface area contributed by atoms with Gasteiger partial charge in [0.2, 0.25) is 15.9 Å². The standard InChI is InChI=1S/C27H28BrN3O7S2/c1-2-38-25-13-6-21(28)19-26(25)39(33,34)30-23-9-7-22(8-10-23)29-27(32)14-5-20-3-11-24(12-4-20)40(35,36)31-15-17-37-18-16-31/h3-14,19,30H,2,15-18H2,1H3,(H,29,32)/b14-5+. The van der Waals surface area contributed by atoms with E-state index in [0.717, 1.165) is 0 Å². The molecule has 0 bridgehead atoms. The zero-order chi connectivity index (χ0) is 28.8. The molecule has 0 atom stereocenters. The third-order valence-corrected chi connectivity index (χ3v) is 9.62. The molecule has 1 heterocycles. The SMILES string of the molecule is CCOc1ccc(Br)cc1S(=O)(=O)Nc1ccc(NC(=O)/C=C/c2ccc(S(=O)(=O)N3CCOCC3)cc2)cc1. The quantitative estimate of drug-likeness (QED) is 0.313. The minimum atomic E-state index is -3.93. The van der Waals surface area contributed by atoms with Crippen LogP contribution in [0, 0.1) is 0 Å². The van der Waals surface area contributed by atoms with Gasteiger partial charge < -0.3 is 14.8 Å². The molecule has 1 aliphatic heterocycles. The van der Waals surface area contributed by atoms with Gasteiger partial charge in [0.25, 0.3) is 10.0 Å². The van der Waals surface area contributed by atoms with Crippen molar-refractivity contribution >= 4 is 59.3 Å². The van der Waals surface area contributed by atoms with Crippen LogP contribution in [0.25, 0.3) is 6.08 Å². The summed E-state index contributed by atoms with van der Waals surface area (Å²) in [6.45, 7) is 3.45. The van der Waals surface area contributed by atoms with Gasteiger partial charge in [0.05, 0.1) is 24.7 Å². The number of ether oxygens (including phenoxy) is 2. The van der Waals surface area contributed by atoms with E-state index >= 15 is 0 Å². The van der Waals surface area contributed by atoms with E-state index in [2.05, 4.69) is 26.0 Å². The lowest BCUT2D eigenvalue weighted by Gasteiger charge is -2.26. The summed E-state index contributed by atoms with van der Waals surface area (Å²) >= 11 is 3.29. The highest BCUT2D eigenvalue weighted by Crippen LogP contribution is 2.29. The van der Waals surface area contributed by atoms with Gasteiger partial charge in [0, 0.05) is 35.0 Å². The second-order valence-electron chi connectivity index (χ2n) is 8.61. The molecule has 40 heavy (non-hydrogen) atoms. The minimum Gasteiger partial charge on any atom is -0.492 e. The van der Waals surface area contributed by atoms with Crippen molar-refractivity contribution in [3.05, 3.63) is 82.8 Å². The molecular weight excluding hydrogens is 622 g/mol. The number of carbonyl (C=O) groups is 1. The molecule has 1 amide bonds. The fraction of sp³-hybridized carbons (Fsp3) is 0.222. The van der Waals surface area contributed by atoms with Crippen molar-refractivity contribution in [3.63, 3.8) is 0 Å². The molecule has 4 rings (SSSR count). The predicted molar refractivity (Wildman–Crippen MR) is 156 cm³/mol. The molecule has 1 aliphatic rings. The third-order valence-electron chi connectivity index (χ3n) is 5.81. The van der Waals surface area contributed by atoms with Gasteiger partial charge in [-0.15, -0.1) is 0 Å². The van der Waals surface area contributed by atoms with Gasteiger partial charge in [-0.1, -0.05) is 28.1 Å². The highest BCUT2D eigenvalue weighted by Gasteiger charge is 2.26. The molecule has 0 aliphatic carbocycles. The molecule has 1 saturated heterocycles. The fourth-order valence-electron chi connectivity index (χ4n) is 3.84. The molecule has 3 aromatic rings. The van der Waals surface area contributed by atoms with Crippen molar-refractivity contribution in [1.29, 1.82) is 0 Å². The van der Waals surface area contributed by atoms with Crippen LogP contribution in [-0.4, -0.2) is 60.0 Å². The minimum absolute atomic E-state index is 0.00188. The summed E-state index contributed by atoms with van der Waals surface area (Å²) < 4.78 is 66.6. The van der Waals surface area contributed by atoms with Gasteiger partial charge in [-0.3, -0.25) is 9.52 Å². The molecule has 10 nitrogen and oxygen atoms in total. The number of hydrogen-bond acceptors (Lipinski definition) is 7. The molecule has 0 radical (unpaired) electrons. The van der Waals surface area contributed by atoms with Gasteiger partial charge in [-0.2, -0.15) is 4.31 Å². The first-order valence-corrected chi connectivity index (χ1v) is 16.0. The van der Waals surface area contributed by atoms with Crippen LogP contribution >= 0.6 is 15.9 Å². The van der Waals surface area contributed by atoms with Crippen LogP contribution in [0.3, 0.4) is 0 Å². The lowest BCUT2D eigenvalue weighted by molar-refractivity contribution is -0.111. The van der Waals surface area contributed by atoms with Crippen LogP contribution in [0.5, 0.6) is 5.75 Å². The van der Waals surface area contributed by atoms with Crippen molar-refractivity contribution in [3.8, 4) is 5.75 Å². The topological polar surface area (TPSA) is 131 Å². The lowest BCUT2D eigenvalue weighted by Crippen LogP contribution is -2.40. The Morgan fingerprint density at radius 1 is 0.975 bits per heavy atom. The second kappa shape index (κ2) is 13.0. The first-order valence-electron chi connectivity index (χ1n) is 12.3. The van der Waals surface area contributed by atoms with Crippen LogP contribution in [0.15, 0.2) is 87.1 Å². The van der Waals surface area contributed by atoms with Crippen molar-refractivity contribution in [2.75, 3.05) is 42.9 Å². The van der Waals surface area contributed by atoms with Crippen molar-refractivity contribution < 1.29 is 31.1 Å². The first-order chi connectivity index (χ1) is 19.1. The van der Waals surface area contributed by atoms with Gasteiger partial charge in [-0.05, 0) is 73.2 Å². The van der Waals surface area contributed by atoms with Crippen LogP contribution in [0.2, 0.25) is 0 Å². The van der Waals surface area contributed by atoms with Crippen molar-refractivity contribution in [1.82, 2.24) is 4.31 Å². The Morgan fingerprint density at radius 3 is 2.27 bits per heavy atom. The summed E-state index contributed by atoms with van der Waals surface area (Å²) in [5.41, 5.74) is 1.42. The molecule has 0 spiro atoms. The molecule has 0 saturated carbocycles. The Kier molecular flexibility index (Phi) is 9.64. The number of sulfonamides is 2. The predicted octanol–water partition coefficient (Wildman–Crippen LogP) is 4.32. The number of halogens is 1. The maximum Gasteiger partial charge on any atom is 0.265 e. The summed E-state index contributed by atoms with van der Waals surface area (Å²) in [5, 5.41) is 2.70. The summed E-state index contributed by atoms with van der Waals surface area (Å²) in [7, 11) is -7.52. The normalized spacial score (nSPS) is 14.7. The van der Waals surface area contributed by atoms with Crippen LogP contribution in [-0.2, 0) is 29.6 Å². The van der Waals surface area contributed by atoms with E-state index in [4.69, 9.17) is 9.47 Å². The van der Waals surface area contributed by atoms with Gasteiger partial charge >= 0.3 is 0 Å². The molecule has 0 aromatic heterocycles. The number of amides is 1.